The maximum absolute atomic E-state index is 11.3. The molecule has 1 aliphatic rings. The van der Waals surface area contributed by atoms with Gasteiger partial charge in [0.05, 0.1) is 19.8 Å². The quantitative estimate of drug-likeness (QED) is 0.531. The van der Waals surface area contributed by atoms with Gasteiger partial charge in [-0.1, -0.05) is 12.1 Å². The van der Waals surface area contributed by atoms with Gasteiger partial charge in [0, 0.05) is 37.0 Å². The number of hydrogen-bond acceptors (Lipinski definition) is 8. The van der Waals surface area contributed by atoms with Crippen LogP contribution in [0.3, 0.4) is 0 Å². The molecule has 4 rings (SSSR count). The van der Waals surface area contributed by atoms with Crippen LogP contribution in [0.1, 0.15) is 35.3 Å². The van der Waals surface area contributed by atoms with Gasteiger partial charge in [-0.25, -0.2) is 4.98 Å². The lowest BCUT2D eigenvalue weighted by Gasteiger charge is -2.17. The van der Waals surface area contributed by atoms with Crippen LogP contribution < -0.4 is 19.5 Å². The van der Waals surface area contributed by atoms with E-state index in [1.165, 1.54) is 14.0 Å². The summed E-state index contributed by atoms with van der Waals surface area (Å²) in [6, 6.07) is 10.3. The summed E-state index contributed by atoms with van der Waals surface area (Å²) < 4.78 is 21.7. The van der Waals surface area contributed by atoms with Gasteiger partial charge >= 0.3 is 12.0 Å². The Balaban J connectivity index is 1.57. The highest BCUT2D eigenvalue weighted by molar-refractivity contribution is 5.75. The summed E-state index contributed by atoms with van der Waals surface area (Å²) in [6.07, 6.45) is 1.38. The van der Waals surface area contributed by atoms with E-state index in [1.807, 2.05) is 18.2 Å². The molecule has 2 aromatic carbocycles. The first kappa shape index (κ1) is 22.4. The van der Waals surface area contributed by atoms with Crippen LogP contribution in [-0.2, 0) is 16.1 Å². The number of carbonyl (C=O) groups excluding carboxylic acids is 1. The summed E-state index contributed by atoms with van der Waals surface area (Å²) in [6.45, 7) is 6.49. The molecule has 1 N–H and O–H groups in total. The molecule has 0 saturated carbocycles. The minimum Gasteiger partial charge on any atom is -0.489 e. The zero-order valence-corrected chi connectivity index (χ0v) is 19.4. The lowest BCUT2D eigenvalue weighted by atomic mass is 9.93. The molecule has 0 spiro atoms. The van der Waals surface area contributed by atoms with E-state index in [0.717, 1.165) is 44.8 Å². The Labute approximate surface area is 192 Å². The topological polar surface area (TPSA) is 91.8 Å². The van der Waals surface area contributed by atoms with Crippen LogP contribution in [0.5, 0.6) is 17.6 Å². The van der Waals surface area contributed by atoms with Gasteiger partial charge in [-0.3, -0.25) is 4.79 Å². The fraction of sp³-hybridized carbons (Fsp3) is 0.320. The first-order chi connectivity index (χ1) is 15.9. The van der Waals surface area contributed by atoms with Crippen LogP contribution in [0, 0.1) is 13.8 Å². The van der Waals surface area contributed by atoms with E-state index in [2.05, 4.69) is 41.3 Å². The smallest absolute Gasteiger partial charge is 0.319 e. The SMILES string of the molecule is COc1ncc(-c2c(C)ccc(CNc3ccc4c(c3)OC[C@H]4OC(C)=O)c2C)c(OC)n1. The Morgan fingerprint density at radius 3 is 2.73 bits per heavy atom. The van der Waals surface area contributed by atoms with Crippen molar-refractivity contribution in [3.8, 4) is 28.8 Å². The molecule has 3 aromatic rings. The van der Waals surface area contributed by atoms with Gasteiger partial charge in [0.1, 0.15) is 12.4 Å². The summed E-state index contributed by atoms with van der Waals surface area (Å²) in [5.41, 5.74) is 7.01. The maximum atomic E-state index is 11.3. The highest BCUT2D eigenvalue weighted by Gasteiger charge is 2.27. The zero-order chi connectivity index (χ0) is 23.5. The minimum atomic E-state index is -0.352. The summed E-state index contributed by atoms with van der Waals surface area (Å²) in [4.78, 5) is 19.9. The van der Waals surface area contributed by atoms with E-state index >= 15 is 0 Å². The lowest BCUT2D eigenvalue weighted by molar-refractivity contribution is -0.147. The van der Waals surface area contributed by atoms with Gasteiger partial charge in [-0.2, -0.15) is 4.98 Å². The Morgan fingerprint density at radius 2 is 2.00 bits per heavy atom. The number of anilines is 1. The Morgan fingerprint density at radius 1 is 1.18 bits per heavy atom. The molecular weight excluding hydrogens is 422 g/mol. The first-order valence-corrected chi connectivity index (χ1v) is 10.6. The van der Waals surface area contributed by atoms with E-state index in [0.29, 0.717) is 19.0 Å². The molecule has 2 heterocycles. The second kappa shape index (κ2) is 9.36. The zero-order valence-electron chi connectivity index (χ0n) is 19.4. The molecule has 33 heavy (non-hydrogen) atoms. The summed E-state index contributed by atoms with van der Waals surface area (Å²) in [5.74, 6) is 0.882. The largest absolute Gasteiger partial charge is 0.489 e. The van der Waals surface area contributed by atoms with E-state index < -0.39 is 0 Å². The number of esters is 1. The molecule has 1 aliphatic heterocycles. The number of aryl methyl sites for hydroxylation is 1. The molecule has 1 atom stereocenters. The van der Waals surface area contributed by atoms with Crippen molar-refractivity contribution in [3.63, 3.8) is 0 Å². The Hall–Kier alpha value is -3.81. The van der Waals surface area contributed by atoms with Gasteiger partial charge in [-0.15, -0.1) is 0 Å². The summed E-state index contributed by atoms with van der Waals surface area (Å²) in [5, 5.41) is 3.46. The van der Waals surface area contributed by atoms with Gasteiger partial charge in [-0.05, 0) is 48.2 Å². The maximum Gasteiger partial charge on any atom is 0.319 e. The fourth-order valence-electron chi connectivity index (χ4n) is 4.06. The number of fused-ring (bicyclic) bond motifs is 1. The predicted molar refractivity (Wildman–Crippen MR) is 124 cm³/mol. The summed E-state index contributed by atoms with van der Waals surface area (Å²) in [7, 11) is 3.11. The van der Waals surface area contributed by atoms with Crippen molar-refractivity contribution in [3.05, 3.63) is 58.8 Å². The van der Waals surface area contributed by atoms with Crippen molar-refractivity contribution in [2.75, 3.05) is 26.1 Å². The van der Waals surface area contributed by atoms with Crippen molar-refractivity contribution >= 4 is 11.7 Å². The van der Waals surface area contributed by atoms with Crippen molar-refractivity contribution in [1.82, 2.24) is 9.97 Å². The molecule has 1 aromatic heterocycles. The first-order valence-electron chi connectivity index (χ1n) is 10.6. The number of rotatable bonds is 7. The highest BCUT2D eigenvalue weighted by atomic mass is 16.6. The highest BCUT2D eigenvalue weighted by Crippen LogP contribution is 2.38. The number of ether oxygens (including phenoxy) is 4. The number of methoxy groups -OCH3 is 2. The average molecular weight is 450 g/mol. The van der Waals surface area contributed by atoms with Crippen LogP contribution in [0.15, 0.2) is 36.5 Å². The molecular formula is C25H27N3O5. The number of benzene rings is 2. The van der Waals surface area contributed by atoms with Crippen molar-refractivity contribution < 1.29 is 23.7 Å². The molecule has 0 fully saturated rings. The van der Waals surface area contributed by atoms with Crippen LogP contribution in [0.2, 0.25) is 0 Å². The lowest BCUT2D eigenvalue weighted by Crippen LogP contribution is -2.09. The Bertz CT molecular complexity index is 1190. The molecule has 8 nitrogen and oxygen atoms in total. The second-order valence-corrected chi connectivity index (χ2v) is 7.84. The van der Waals surface area contributed by atoms with Crippen LogP contribution in [-0.4, -0.2) is 36.8 Å². The predicted octanol–water partition coefficient (Wildman–Crippen LogP) is 4.39. The molecule has 0 bridgehead atoms. The number of hydrogen-bond donors (Lipinski definition) is 1. The molecule has 0 amide bonds. The number of carbonyl (C=O) groups is 1. The Kier molecular flexibility index (Phi) is 6.35. The van der Waals surface area contributed by atoms with Crippen LogP contribution >= 0.6 is 0 Å². The van der Waals surface area contributed by atoms with E-state index in [1.54, 1.807) is 13.3 Å². The molecule has 0 aliphatic carbocycles. The second-order valence-electron chi connectivity index (χ2n) is 7.84. The van der Waals surface area contributed by atoms with E-state index in [9.17, 15) is 4.79 Å². The standard InChI is InChI=1S/C25H27N3O5/c1-14-6-7-17(15(2)23(14)20-12-27-25(31-5)28-24(20)30-4)11-26-18-8-9-19-21(10-18)32-13-22(19)33-16(3)29/h6-10,12,22,26H,11,13H2,1-5H3/t22-/m1/s1. The summed E-state index contributed by atoms with van der Waals surface area (Å²) >= 11 is 0. The average Bonchev–Trinajstić information content (AvgIpc) is 3.20. The number of nitrogens with one attached hydrogen (secondary N) is 1. The minimum absolute atomic E-state index is 0.262. The van der Waals surface area contributed by atoms with E-state index in [-0.39, 0.29) is 18.1 Å². The third-order valence-corrected chi connectivity index (χ3v) is 5.70. The van der Waals surface area contributed by atoms with Gasteiger partial charge in [0.2, 0.25) is 5.88 Å². The fourth-order valence-corrected chi connectivity index (χ4v) is 4.06. The van der Waals surface area contributed by atoms with Gasteiger partial charge in [0.15, 0.2) is 6.10 Å². The normalized spacial score (nSPS) is 14.3. The van der Waals surface area contributed by atoms with Crippen LogP contribution in [0.4, 0.5) is 5.69 Å². The molecule has 0 unspecified atom stereocenters. The van der Waals surface area contributed by atoms with Crippen molar-refractivity contribution in [2.45, 2.75) is 33.4 Å². The van der Waals surface area contributed by atoms with Gasteiger partial charge < -0.3 is 24.3 Å². The molecule has 0 radical (unpaired) electrons. The van der Waals surface area contributed by atoms with Crippen molar-refractivity contribution in [1.29, 1.82) is 0 Å². The van der Waals surface area contributed by atoms with Crippen LogP contribution in [0.25, 0.3) is 11.1 Å². The van der Waals surface area contributed by atoms with Crippen molar-refractivity contribution in [2.24, 2.45) is 0 Å². The monoisotopic (exact) mass is 449 g/mol. The van der Waals surface area contributed by atoms with Gasteiger partial charge in [0.25, 0.3) is 0 Å². The molecule has 172 valence electrons. The molecule has 0 saturated heterocycles. The van der Waals surface area contributed by atoms with E-state index in [4.69, 9.17) is 18.9 Å². The third kappa shape index (κ3) is 4.55. The third-order valence-electron chi connectivity index (χ3n) is 5.70. The number of aromatic nitrogens is 2. The number of nitrogens with zero attached hydrogens (tertiary/aromatic N) is 2. The molecule has 8 heteroatoms.